The zero-order chi connectivity index (χ0) is 14.7. The fraction of sp³-hybridized carbons (Fsp3) is 0.333. The van der Waals surface area contributed by atoms with E-state index in [0.717, 1.165) is 6.07 Å². The Morgan fingerprint density at radius 1 is 1.50 bits per heavy atom. The van der Waals surface area contributed by atoms with Crippen LogP contribution >= 0.6 is 11.6 Å². The first kappa shape index (κ1) is 14.3. The van der Waals surface area contributed by atoms with Crippen LogP contribution in [0.1, 0.15) is 23.2 Å². The molecule has 1 aliphatic rings. The first-order valence-corrected chi connectivity index (χ1v) is 6.36. The Labute approximate surface area is 119 Å². The highest BCUT2D eigenvalue weighted by Crippen LogP contribution is 2.25. The molecule has 0 aliphatic carbocycles. The number of hydrogen-bond acceptors (Lipinski definition) is 4. The molecule has 1 fully saturated rings. The van der Waals surface area contributed by atoms with E-state index in [2.05, 4.69) is 10.6 Å². The number of amides is 2. The molecule has 7 nitrogen and oxygen atoms in total. The molecule has 106 valence electrons. The normalized spacial score (nSPS) is 18.2. The third-order valence-electron chi connectivity index (χ3n) is 3.01. The highest BCUT2D eigenvalue weighted by Gasteiger charge is 2.22. The van der Waals surface area contributed by atoms with Gasteiger partial charge in [-0.3, -0.25) is 19.7 Å². The molecular formula is C12H12ClN3O4. The molecule has 2 rings (SSSR count). The number of nitrogens with zero attached hydrogens (tertiary/aromatic N) is 1. The molecule has 1 saturated heterocycles. The fourth-order valence-electron chi connectivity index (χ4n) is 1.92. The molecule has 8 heteroatoms. The van der Waals surface area contributed by atoms with Crippen molar-refractivity contribution in [3.05, 3.63) is 38.9 Å². The monoisotopic (exact) mass is 297 g/mol. The molecule has 1 unspecified atom stereocenters. The molecule has 1 aromatic rings. The van der Waals surface area contributed by atoms with Gasteiger partial charge in [0.05, 0.1) is 4.92 Å². The molecule has 0 bridgehead atoms. The Morgan fingerprint density at radius 2 is 2.25 bits per heavy atom. The van der Waals surface area contributed by atoms with E-state index in [-0.39, 0.29) is 28.2 Å². The molecular weight excluding hydrogens is 286 g/mol. The van der Waals surface area contributed by atoms with Crippen LogP contribution < -0.4 is 10.6 Å². The maximum absolute atomic E-state index is 12.0. The number of benzene rings is 1. The van der Waals surface area contributed by atoms with Gasteiger partial charge in [0, 0.05) is 30.6 Å². The zero-order valence-electron chi connectivity index (χ0n) is 10.4. The van der Waals surface area contributed by atoms with Crippen LogP contribution in [0.5, 0.6) is 0 Å². The van der Waals surface area contributed by atoms with Gasteiger partial charge in [-0.1, -0.05) is 11.6 Å². The molecule has 0 radical (unpaired) electrons. The van der Waals surface area contributed by atoms with E-state index in [1.165, 1.54) is 12.1 Å². The van der Waals surface area contributed by atoms with Crippen molar-refractivity contribution >= 4 is 29.1 Å². The zero-order valence-corrected chi connectivity index (χ0v) is 11.1. The Balaban J connectivity index is 2.07. The third kappa shape index (κ3) is 3.24. The predicted octanol–water partition coefficient (Wildman–Crippen LogP) is 1.26. The SMILES string of the molecule is O=C1CCC(NC(=O)c2ccc(Cl)c([N+](=O)[O-])c2)CN1. The number of piperidine rings is 1. The molecule has 1 aliphatic heterocycles. The lowest BCUT2D eigenvalue weighted by Gasteiger charge is -2.23. The molecule has 1 heterocycles. The number of carbonyl (C=O) groups is 2. The van der Waals surface area contributed by atoms with Gasteiger partial charge in [-0.05, 0) is 18.6 Å². The van der Waals surface area contributed by atoms with E-state index < -0.39 is 10.8 Å². The van der Waals surface area contributed by atoms with Crippen molar-refractivity contribution < 1.29 is 14.5 Å². The number of nitro benzene ring substituents is 1. The van der Waals surface area contributed by atoms with Crippen molar-refractivity contribution in [2.24, 2.45) is 0 Å². The Kier molecular flexibility index (Phi) is 4.19. The van der Waals surface area contributed by atoms with E-state index in [4.69, 9.17) is 11.6 Å². The Bertz CT molecular complexity index is 566. The second kappa shape index (κ2) is 5.87. The van der Waals surface area contributed by atoms with E-state index in [9.17, 15) is 19.7 Å². The highest BCUT2D eigenvalue weighted by atomic mass is 35.5. The molecule has 20 heavy (non-hydrogen) atoms. The summed E-state index contributed by atoms with van der Waals surface area (Å²) in [6.45, 7) is 0.361. The van der Waals surface area contributed by atoms with Gasteiger partial charge >= 0.3 is 0 Å². The van der Waals surface area contributed by atoms with Gasteiger partial charge in [-0.15, -0.1) is 0 Å². The average Bonchev–Trinajstić information content (AvgIpc) is 2.41. The minimum atomic E-state index is -0.639. The second-order valence-electron chi connectivity index (χ2n) is 4.44. The topological polar surface area (TPSA) is 101 Å². The van der Waals surface area contributed by atoms with Crippen LogP contribution in [0.2, 0.25) is 5.02 Å². The van der Waals surface area contributed by atoms with Crippen LogP contribution in [0.25, 0.3) is 0 Å². The van der Waals surface area contributed by atoms with E-state index in [0.29, 0.717) is 19.4 Å². The van der Waals surface area contributed by atoms with Gasteiger partial charge < -0.3 is 10.6 Å². The number of carbonyl (C=O) groups excluding carboxylic acids is 2. The molecule has 0 aromatic heterocycles. The standard InChI is InChI=1S/C12H12ClN3O4/c13-9-3-1-7(5-10(9)16(19)20)12(18)15-8-2-4-11(17)14-6-8/h1,3,5,8H,2,4,6H2,(H,14,17)(H,15,18). The maximum Gasteiger partial charge on any atom is 0.288 e. The van der Waals surface area contributed by atoms with E-state index in [1.54, 1.807) is 0 Å². The molecule has 0 spiro atoms. The first-order valence-electron chi connectivity index (χ1n) is 5.99. The van der Waals surface area contributed by atoms with Crippen molar-refractivity contribution in [1.82, 2.24) is 10.6 Å². The molecule has 1 atom stereocenters. The van der Waals surface area contributed by atoms with Gasteiger partial charge in [-0.25, -0.2) is 0 Å². The average molecular weight is 298 g/mol. The summed E-state index contributed by atoms with van der Waals surface area (Å²) in [6.07, 6.45) is 0.902. The first-order chi connectivity index (χ1) is 9.47. The number of nitro groups is 1. The molecule has 2 amide bonds. The second-order valence-corrected chi connectivity index (χ2v) is 4.84. The Morgan fingerprint density at radius 3 is 2.85 bits per heavy atom. The summed E-state index contributed by atoms with van der Waals surface area (Å²) in [5.41, 5.74) is -0.144. The summed E-state index contributed by atoms with van der Waals surface area (Å²) < 4.78 is 0. The quantitative estimate of drug-likeness (QED) is 0.647. The van der Waals surface area contributed by atoms with Crippen LogP contribution in [-0.4, -0.2) is 29.3 Å². The summed E-state index contributed by atoms with van der Waals surface area (Å²) in [5.74, 6) is -0.469. The third-order valence-corrected chi connectivity index (χ3v) is 3.33. The van der Waals surface area contributed by atoms with Crippen LogP contribution in [0.4, 0.5) is 5.69 Å². The minimum Gasteiger partial charge on any atom is -0.354 e. The molecule has 0 saturated carbocycles. The summed E-state index contributed by atoms with van der Waals surface area (Å²) in [7, 11) is 0. The highest BCUT2D eigenvalue weighted by molar-refractivity contribution is 6.32. The Hall–Kier alpha value is -2.15. The smallest absolute Gasteiger partial charge is 0.288 e. The van der Waals surface area contributed by atoms with Gasteiger partial charge in [0.1, 0.15) is 5.02 Å². The number of rotatable bonds is 3. The number of halogens is 1. The van der Waals surface area contributed by atoms with Gasteiger partial charge in [-0.2, -0.15) is 0 Å². The van der Waals surface area contributed by atoms with Crippen molar-refractivity contribution in [2.45, 2.75) is 18.9 Å². The summed E-state index contributed by atoms with van der Waals surface area (Å²) in [6, 6.07) is 3.71. The van der Waals surface area contributed by atoms with Gasteiger partial charge in [0.15, 0.2) is 0 Å². The van der Waals surface area contributed by atoms with Crippen molar-refractivity contribution in [1.29, 1.82) is 0 Å². The van der Waals surface area contributed by atoms with Crippen LogP contribution in [0, 0.1) is 10.1 Å². The predicted molar refractivity (Wildman–Crippen MR) is 71.6 cm³/mol. The summed E-state index contributed by atoms with van der Waals surface area (Å²) >= 11 is 5.68. The summed E-state index contributed by atoms with van der Waals surface area (Å²) in [5, 5.41) is 16.1. The maximum atomic E-state index is 12.0. The molecule has 2 N–H and O–H groups in total. The van der Waals surface area contributed by atoms with Crippen molar-refractivity contribution in [2.75, 3.05) is 6.54 Å². The van der Waals surface area contributed by atoms with Gasteiger partial charge in [0.2, 0.25) is 5.91 Å². The van der Waals surface area contributed by atoms with E-state index in [1.807, 2.05) is 0 Å². The van der Waals surface area contributed by atoms with Gasteiger partial charge in [0.25, 0.3) is 11.6 Å². The lowest BCUT2D eigenvalue weighted by Crippen LogP contribution is -2.47. The van der Waals surface area contributed by atoms with Crippen LogP contribution in [-0.2, 0) is 4.79 Å². The van der Waals surface area contributed by atoms with E-state index >= 15 is 0 Å². The van der Waals surface area contributed by atoms with Crippen molar-refractivity contribution in [3.63, 3.8) is 0 Å². The number of nitrogens with one attached hydrogen (secondary N) is 2. The summed E-state index contributed by atoms with van der Waals surface area (Å²) in [4.78, 5) is 33.1. The fourth-order valence-corrected chi connectivity index (χ4v) is 2.11. The van der Waals surface area contributed by atoms with Crippen molar-refractivity contribution in [3.8, 4) is 0 Å². The minimum absolute atomic E-state index is 0.0171. The molecule has 1 aromatic carbocycles. The largest absolute Gasteiger partial charge is 0.354 e. The lowest BCUT2D eigenvalue weighted by molar-refractivity contribution is -0.384. The number of hydrogen-bond donors (Lipinski definition) is 2. The van der Waals surface area contributed by atoms with Crippen LogP contribution in [0.3, 0.4) is 0 Å². The lowest BCUT2D eigenvalue weighted by atomic mass is 10.1. The van der Waals surface area contributed by atoms with Crippen LogP contribution in [0.15, 0.2) is 18.2 Å².